The number of rotatable bonds is 4. The van der Waals surface area contributed by atoms with Gasteiger partial charge < -0.3 is 5.32 Å². The maximum absolute atomic E-state index is 12.3. The molecule has 1 aromatic rings. The zero-order chi connectivity index (χ0) is 15.6. The smallest absolute Gasteiger partial charge is 0.243 e. The fourth-order valence-electron chi connectivity index (χ4n) is 2.71. The molecule has 1 fully saturated rings. The summed E-state index contributed by atoms with van der Waals surface area (Å²) in [5.74, 6) is -1.79. The molecule has 0 aliphatic heterocycles. The van der Waals surface area contributed by atoms with Gasteiger partial charge >= 0.3 is 0 Å². The third kappa shape index (κ3) is 3.37. The molecular weight excluding hydrogens is 270 g/mol. The first kappa shape index (κ1) is 15.4. The Morgan fingerprint density at radius 2 is 2.00 bits per heavy atom. The van der Waals surface area contributed by atoms with Crippen LogP contribution in [0.25, 0.3) is 0 Å². The van der Waals surface area contributed by atoms with Gasteiger partial charge in [-0.1, -0.05) is 20.8 Å². The Bertz CT molecular complexity index is 554. The summed E-state index contributed by atoms with van der Waals surface area (Å²) in [6.07, 6.45) is 2.97. The van der Waals surface area contributed by atoms with E-state index >= 15 is 0 Å². The first-order chi connectivity index (χ1) is 9.84. The Hall–Kier alpha value is -1.98. The number of nitrogens with zero attached hydrogens (tertiary/aromatic N) is 2. The van der Waals surface area contributed by atoms with Gasteiger partial charge in [0, 0.05) is 25.5 Å². The van der Waals surface area contributed by atoms with Crippen LogP contribution in [0.1, 0.15) is 40.0 Å². The van der Waals surface area contributed by atoms with Gasteiger partial charge in [-0.05, 0) is 11.8 Å². The molecule has 1 aromatic heterocycles. The number of nitrogens with one attached hydrogen (secondary N) is 1. The molecule has 2 rings (SSSR count). The molecule has 6 heteroatoms. The number of carbonyl (C=O) groups excluding carboxylic acids is 3. The first-order valence-electron chi connectivity index (χ1n) is 7.22. The summed E-state index contributed by atoms with van der Waals surface area (Å²) in [6, 6.07) is 1.66. The molecule has 0 spiro atoms. The van der Waals surface area contributed by atoms with Crippen molar-refractivity contribution in [3.05, 3.63) is 12.3 Å². The van der Waals surface area contributed by atoms with Gasteiger partial charge in [0.05, 0.1) is 6.20 Å². The molecule has 0 saturated heterocycles. The predicted molar refractivity (Wildman–Crippen MR) is 77.7 cm³/mol. The summed E-state index contributed by atoms with van der Waals surface area (Å²) in [7, 11) is 0. The van der Waals surface area contributed by atoms with Crippen molar-refractivity contribution in [3.63, 3.8) is 0 Å². The lowest BCUT2D eigenvalue weighted by atomic mass is 9.71. The van der Waals surface area contributed by atoms with Crippen LogP contribution in [0.4, 0.5) is 5.82 Å². The molecule has 0 atom stereocenters. The maximum Gasteiger partial charge on any atom is 0.243 e. The standard InChI is InChI=1S/C15H21N3O3/c1-4-7-18-12(5-6-16-18)17-14(21)13-10(19)8-15(2,3)9-11(13)20/h5-6,13H,4,7-9H2,1-3H3,(H,17,21). The lowest BCUT2D eigenvalue weighted by Gasteiger charge is -2.31. The molecule has 114 valence electrons. The highest BCUT2D eigenvalue weighted by Gasteiger charge is 2.43. The highest BCUT2D eigenvalue weighted by atomic mass is 16.2. The van der Waals surface area contributed by atoms with Crippen molar-refractivity contribution in [2.75, 3.05) is 5.32 Å². The SMILES string of the molecule is CCCn1nccc1NC(=O)C1C(=O)CC(C)(C)CC1=O. The monoisotopic (exact) mass is 291 g/mol. The Morgan fingerprint density at radius 3 is 2.57 bits per heavy atom. The van der Waals surface area contributed by atoms with Crippen LogP contribution >= 0.6 is 0 Å². The van der Waals surface area contributed by atoms with Gasteiger partial charge in [-0.15, -0.1) is 0 Å². The number of aromatic nitrogens is 2. The molecule has 1 amide bonds. The lowest BCUT2D eigenvalue weighted by Crippen LogP contribution is -2.44. The van der Waals surface area contributed by atoms with E-state index in [-0.39, 0.29) is 29.8 Å². The first-order valence-corrected chi connectivity index (χ1v) is 7.22. The van der Waals surface area contributed by atoms with Crippen molar-refractivity contribution in [1.82, 2.24) is 9.78 Å². The number of hydrogen-bond acceptors (Lipinski definition) is 4. The third-order valence-corrected chi connectivity index (χ3v) is 3.61. The zero-order valence-electron chi connectivity index (χ0n) is 12.7. The normalized spacial score (nSPS) is 18.8. The Morgan fingerprint density at radius 1 is 1.38 bits per heavy atom. The highest BCUT2D eigenvalue weighted by molar-refractivity contribution is 6.23. The van der Waals surface area contributed by atoms with Crippen molar-refractivity contribution in [3.8, 4) is 0 Å². The number of carbonyl (C=O) groups is 3. The number of anilines is 1. The van der Waals surface area contributed by atoms with Gasteiger partial charge in [-0.25, -0.2) is 4.68 Å². The summed E-state index contributed by atoms with van der Waals surface area (Å²) in [5.41, 5.74) is -0.352. The van der Waals surface area contributed by atoms with Crippen LogP contribution in [-0.2, 0) is 20.9 Å². The van der Waals surface area contributed by atoms with Gasteiger partial charge in [-0.2, -0.15) is 5.10 Å². The quantitative estimate of drug-likeness (QED) is 0.858. The summed E-state index contributed by atoms with van der Waals surface area (Å²) in [4.78, 5) is 36.5. The molecule has 0 aromatic carbocycles. The van der Waals surface area contributed by atoms with E-state index in [9.17, 15) is 14.4 Å². The van der Waals surface area contributed by atoms with Gasteiger partial charge in [0.2, 0.25) is 5.91 Å². The van der Waals surface area contributed by atoms with E-state index in [1.54, 1.807) is 16.9 Å². The van der Waals surface area contributed by atoms with Crippen LogP contribution in [0.5, 0.6) is 0 Å². The zero-order valence-corrected chi connectivity index (χ0v) is 12.7. The average Bonchev–Trinajstić information content (AvgIpc) is 2.74. The van der Waals surface area contributed by atoms with E-state index in [0.717, 1.165) is 6.42 Å². The number of ketones is 2. The fraction of sp³-hybridized carbons (Fsp3) is 0.600. The Balaban J connectivity index is 2.11. The van der Waals surface area contributed by atoms with Crippen LogP contribution in [0.3, 0.4) is 0 Å². The van der Waals surface area contributed by atoms with E-state index in [0.29, 0.717) is 12.4 Å². The Labute approximate surface area is 123 Å². The van der Waals surface area contributed by atoms with Crippen LogP contribution in [0.2, 0.25) is 0 Å². The van der Waals surface area contributed by atoms with Crippen molar-refractivity contribution in [2.24, 2.45) is 11.3 Å². The highest BCUT2D eigenvalue weighted by Crippen LogP contribution is 2.34. The molecule has 0 bridgehead atoms. The molecule has 1 saturated carbocycles. The maximum atomic E-state index is 12.3. The molecule has 0 unspecified atom stereocenters. The molecule has 1 heterocycles. The van der Waals surface area contributed by atoms with Crippen LogP contribution in [-0.4, -0.2) is 27.3 Å². The summed E-state index contributed by atoms with van der Waals surface area (Å²) in [5, 5.41) is 6.75. The number of hydrogen-bond donors (Lipinski definition) is 1. The number of amides is 1. The van der Waals surface area contributed by atoms with E-state index in [1.807, 2.05) is 20.8 Å². The second-order valence-electron chi connectivity index (χ2n) is 6.31. The van der Waals surface area contributed by atoms with E-state index in [4.69, 9.17) is 0 Å². The third-order valence-electron chi connectivity index (χ3n) is 3.61. The van der Waals surface area contributed by atoms with Crippen LogP contribution in [0.15, 0.2) is 12.3 Å². The lowest BCUT2D eigenvalue weighted by molar-refractivity contribution is -0.144. The van der Waals surface area contributed by atoms with Gasteiger partial charge in [-0.3, -0.25) is 14.4 Å². The molecule has 1 aliphatic rings. The minimum Gasteiger partial charge on any atom is -0.310 e. The molecule has 1 aliphatic carbocycles. The molecule has 21 heavy (non-hydrogen) atoms. The van der Waals surface area contributed by atoms with E-state index in [1.165, 1.54) is 0 Å². The van der Waals surface area contributed by atoms with Crippen molar-refractivity contribution < 1.29 is 14.4 Å². The molecule has 6 nitrogen and oxygen atoms in total. The number of aryl methyl sites for hydroxylation is 1. The summed E-state index contributed by atoms with van der Waals surface area (Å²) in [6.45, 7) is 6.41. The topological polar surface area (TPSA) is 81.1 Å². The number of Topliss-reactive ketones (excluding diaryl/α,β-unsaturated/α-hetero) is 2. The van der Waals surface area contributed by atoms with E-state index in [2.05, 4.69) is 10.4 Å². The van der Waals surface area contributed by atoms with Crippen molar-refractivity contribution in [1.29, 1.82) is 0 Å². The van der Waals surface area contributed by atoms with Gasteiger partial charge in [0.1, 0.15) is 5.82 Å². The van der Waals surface area contributed by atoms with Gasteiger partial charge in [0.25, 0.3) is 0 Å². The van der Waals surface area contributed by atoms with Crippen molar-refractivity contribution >= 4 is 23.3 Å². The predicted octanol–water partition coefficient (Wildman–Crippen LogP) is 1.81. The largest absolute Gasteiger partial charge is 0.310 e. The van der Waals surface area contributed by atoms with E-state index < -0.39 is 11.8 Å². The second-order valence-corrected chi connectivity index (χ2v) is 6.31. The molecule has 1 N–H and O–H groups in total. The molecule has 0 radical (unpaired) electrons. The molecular formula is C15H21N3O3. The van der Waals surface area contributed by atoms with Gasteiger partial charge in [0.15, 0.2) is 17.5 Å². The summed E-state index contributed by atoms with van der Waals surface area (Å²) < 4.78 is 1.65. The van der Waals surface area contributed by atoms with Crippen LogP contribution < -0.4 is 5.32 Å². The Kier molecular flexibility index (Phi) is 4.25. The minimum absolute atomic E-state index is 0.255. The minimum atomic E-state index is -1.18. The van der Waals surface area contributed by atoms with Crippen molar-refractivity contribution in [2.45, 2.75) is 46.6 Å². The summed E-state index contributed by atoms with van der Waals surface area (Å²) >= 11 is 0. The average molecular weight is 291 g/mol. The second kappa shape index (κ2) is 5.79. The van der Waals surface area contributed by atoms with Crippen LogP contribution in [0, 0.1) is 11.3 Å². The fourth-order valence-corrected chi connectivity index (χ4v) is 2.71.